The van der Waals surface area contributed by atoms with Crippen molar-refractivity contribution in [3.05, 3.63) is 100 Å². The first-order valence-corrected chi connectivity index (χ1v) is 9.96. The maximum Gasteiger partial charge on any atom is 0.296 e. The Morgan fingerprint density at radius 1 is 1.06 bits per heavy atom. The molecule has 2 heterocycles. The first kappa shape index (κ1) is 20.6. The Labute approximate surface area is 184 Å². The van der Waals surface area contributed by atoms with Crippen LogP contribution in [-0.4, -0.2) is 33.8 Å². The number of hydrogen-bond acceptors (Lipinski definition) is 5. The molecule has 7 heteroatoms. The van der Waals surface area contributed by atoms with Crippen molar-refractivity contribution in [3.8, 4) is 5.75 Å². The molecule has 6 nitrogen and oxygen atoms in total. The summed E-state index contributed by atoms with van der Waals surface area (Å²) in [6.45, 7) is 0.118. The summed E-state index contributed by atoms with van der Waals surface area (Å²) in [5.74, 6) is -1.15. The molecule has 1 aromatic heterocycles. The largest absolute Gasteiger partial charge is 0.507 e. The number of halogens is 1. The van der Waals surface area contributed by atoms with Gasteiger partial charge in [0.25, 0.3) is 11.7 Å². The highest BCUT2D eigenvalue weighted by Gasteiger charge is 2.46. The van der Waals surface area contributed by atoms with E-state index in [1.54, 1.807) is 61.8 Å². The molecule has 1 saturated heterocycles. The van der Waals surface area contributed by atoms with Crippen LogP contribution < -0.4 is 4.74 Å². The lowest BCUT2D eigenvalue weighted by Gasteiger charge is -2.25. The van der Waals surface area contributed by atoms with Gasteiger partial charge in [-0.2, -0.15) is 0 Å². The monoisotopic (exact) mass is 434 g/mol. The van der Waals surface area contributed by atoms with Gasteiger partial charge in [-0.15, -0.1) is 0 Å². The van der Waals surface area contributed by atoms with Gasteiger partial charge in [0.05, 0.1) is 24.9 Å². The molecule has 1 amide bonds. The number of benzene rings is 2. The third kappa shape index (κ3) is 3.90. The van der Waals surface area contributed by atoms with Crippen molar-refractivity contribution in [1.82, 2.24) is 9.88 Å². The molecule has 0 radical (unpaired) electrons. The molecule has 3 aromatic rings. The molecule has 1 N–H and O–H groups in total. The van der Waals surface area contributed by atoms with Crippen LogP contribution in [-0.2, 0) is 16.1 Å². The van der Waals surface area contributed by atoms with Crippen LogP contribution in [0.3, 0.4) is 0 Å². The van der Waals surface area contributed by atoms with Crippen molar-refractivity contribution in [2.24, 2.45) is 0 Å². The summed E-state index contributed by atoms with van der Waals surface area (Å²) in [5.41, 5.74) is 1.59. The number of amides is 1. The molecule has 2 aromatic carbocycles. The topological polar surface area (TPSA) is 79.7 Å². The number of carbonyl (C=O) groups excluding carboxylic acids is 2. The number of likely N-dealkylation sites (tertiary alicyclic amines) is 1. The highest BCUT2D eigenvalue weighted by molar-refractivity contribution is 6.46. The number of carbonyl (C=O) groups is 2. The van der Waals surface area contributed by atoms with Gasteiger partial charge < -0.3 is 14.7 Å². The Kier molecular flexibility index (Phi) is 5.73. The summed E-state index contributed by atoms with van der Waals surface area (Å²) in [6, 6.07) is 18.1. The number of ether oxygens (including phenoxy) is 1. The molecule has 1 atom stereocenters. The summed E-state index contributed by atoms with van der Waals surface area (Å²) < 4.78 is 5.40. The number of methoxy groups -OCH3 is 1. The molecule has 1 fully saturated rings. The summed E-state index contributed by atoms with van der Waals surface area (Å²) in [7, 11) is 1.55. The number of pyridine rings is 1. The number of rotatable bonds is 5. The Bertz CT molecular complexity index is 1160. The lowest BCUT2D eigenvalue weighted by Crippen LogP contribution is -2.29. The van der Waals surface area contributed by atoms with Crippen molar-refractivity contribution >= 4 is 29.1 Å². The minimum absolute atomic E-state index is 0.0130. The van der Waals surface area contributed by atoms with Crippen LogP contribution >= 0.6 is 11.6 Å². The van der Waals surface area contributed by atoms with Gasteiger partial charge in [-0.25, -0.2) is 0 Å². The molecule has 31 heavy (non-hydrogen) atoms. The zero-order chi connectivity index (χ0) is 22.0. The van der Waals surface area contributed by atoms with Crippen LogP contribution in [0.5, 0.6) is 5.75 Å². The van der Waals surface area contributed by atoms with E-state index in [1.807, 2.05) is 18.2 Å². The fraction of sp³-hybridized carbons (Fsp3) is 0.125. The van der Waals surface area contributed by atoms with E-state index in [1.165, 1.54) is 4.90 Å². The molecule has 0 bridgehead atoms. The lowest BCUT2D eigenvalue weighted by atomic mass is 9.98. The van der Waals surface area contributed by atoms with Gasteiger partial charge in [0, 0.05) is 22.3 Å². The summed E-state index contributed by atoms with van der Waals surface area (Å²) >= 11 is 5.95. The fourth-order valence-electron chi connectivity index (χ4n) is 3.67. The molecular weight excluding hydrogens is 416 g/mol. The van der Waals surface area contributed by atoms with Gasteiger partial charge in [0.15, 0.2) is 0 Å². The van der Waals surface area contributed by atoms with Crippen LogP contribution in [0.25, 0.3) is 5.76 Å². The van der Waals surface area contributed by atoms with E-state index in [9.17, 15) is 14.7 Å². The molecule has 1 aliphatic heterocycles. The van der Waals surface area contributed by atoms with Gasteiger partial charge in [-0.3, -0.25) is 14.6 Å². The Hall–Kier alpha value is -3.64. The third-order valence-electron chi connectivity index (χ3n) is 5.16. The predicted molar refractivity (Wildman–Crippen MR) is 117 cm³/mol. The second-order valence-electron chi connectivity index (χ2n) is 7.00. The zero-order valence-electron chi connectivity index (χ0n) is 16.7. The van der Waals surface area contributed by atoms with Crippen molar-refractivity contribution in [2.45, 2.75) is 12.6 Å². The molecule has 0 aliphatic carbocycles. The Balaban J connectivity index is 1.85. The third-order valence-corrected chi connectivity index (χ3v) is 5.41. The standard InChI is InChI=1S/C24H19ClN2O4/c1-31-19-8-3-2-6-16(19)14-27-21(18-7-4-5-13-26-18)20(23(29)24(27)30)22(28)15-9-11-17(25)12-10-15/h2-13,21,28H,14H2,1H3/b22-20-. The maximum atomic E-state index is 13.0. The second-order valence-corrected chi connectivity index (χ2v) is 7.44. The van der Waals surface area contributed by atoms with Crippen LogP contribution in [0.2, 0.25) is 5.02 Å². The molecule has 156 valence electrons. The number of aromatic nitrogens is 1. The molecule has 0 saturated carbocycles. The van der Waals surface area contributed by atoms with Gasteiger partial charge in [-0.05, 0) is 42.5 Å². The summed E-state index contributed by atoms with van der Waals surface area (Å²) in [4.78, 5) is 31.8. The number of hydrogen-bond donors (Lipinski definition) is 1. The van der Waals surface area contributed by atoms with E-state index in [0.717, 1.165) is 5.56 Å². The lowest BCUT2D eigenvalue weighted by molar-refractivity contribution is -0.140. The van der Waals surface area contributed by atoms with Crippen LogP contribution in [0.15, 0.2) is 78.5 Å². The first-order valence-electron chi connectivity index (χ1n) is 9.58. The van der Waals surface area contributed by atoms with Crippen molar-refractivity contribution in [2.75, 3.05) is 7.11 Å². The quantitative estimate of drug-likeness (QED) is 0.366. The van der Waals surface area contributed by atoms with E-state index in [2.05, 4.69) is 4.98 Å². The fourth-order valence-corrected chi connectivity index (χ4v) is 3.79. The summed E-state index contributed by atoms with van der Waals surface area (Å²) in [6.07, 6.45) is 1.58. The number of Topliss-reactive ketones (excluding diaryl/α,β-unsaturated/α-hetero) is 1. The minimum Gasteiger partial charge on any atom is -0.507 e. The molecular formula is C24H19ClN2O4. The van der Waals surface area contributed by atoms with Crippen molar-refractivity contribution < 1.29 is 19.4 Å². The Morgan fingerprint density at radius 2 is 1.77 bits per heavy atom. The minimum atomic E-state index is -0.846. The average molecular weight is 435 g/mol. The molecule has 0 spiro atoms. The van der Waals surface area contributed by atoms with Gasteiger partial charge >= 0.3 is 0 Å². The van der Waals surface area contributed by atoms with Gasteiger partial charge in [0.1, 0.15) is 17.6 Å². The van der Waals surface area contributed by atoms with Gasteiger partial charge in [-0.1, -0.05) is 35.9 Å². The highest BCUT2D eigenvalue weighted by atomic mass is 35.5. The van der Waals surface area contributed by atoms with Gasteiger partial charge in [0.2, 0.25) is 0 Å². The number of aliphatic hydroxyl groups is 1. The second kappa shape index (κ2) is 8.62. The number of ketones is 1. The van der Waals surface area contributed by atoms with E-state index < -0.39 is 17.7 Å². The summed E-state index contributed by atoms with van der Waals surface area (Å²) in [5, 5.41) is 11.5. The number of nitrogens with zero attached hydrogens (tertiary/aromatic N) is 2. The highest BCUT2D eigenvalue weighted by Crippen LogP contribution is 2.40. The maximum absolute atomic E-state index is 13.0. The predicted octanol–water partition coefficient (Wildman–Crippen LogP) is 4.37. The molecule has 1 aliphatic rings. The first-order chi connectivity index (χ1) is 15.0. The normalized spacial score (nSPS) is 17.7. The van der Waals surface area contributed by atoms with Crippen molar-refractivity contribution in [1.29, 1.82) is 0 Å². The Morgan fingerprint density at radius 3 is 2.45 bits per heavy atom. The van der Waals surface area contributed by atoms with E-state index in [4.69, 9.17) is 16.3 Å². The van der Waals surface area contributed by atoms with E-state index >= 15 is 0 Å². The number of para-hydroxylation sites is 1. The van der Waals surface area contributed by atoms with Crippen LogP contribution in [0, 0.1) is 0 Å². The smallest absolute Gasteiger partial charge is 0.296 e. The molecule has 1 unspecified atom stereocenters. The van der Waals surface area contributed by atoms with Crippen LogP contribution in [0.4, 0.5) is 0 Å². The van der Waals surface area contributed by atoms with Crippen LogP contribution in [0.1, 0.15) is 22.9 Å². The zero-order valence-corrected chi connectivity index (χ0v) is 17.4. The van der Waals surface area contributed by atoms with Crippen molar-refractivity contribution in [3.63, 3.8) is 0 Å². The SMILES string of the molecule is COc1ccccc1CN1C(=O)C(=O)/C(=C(\O)c2ccc(Cl)cc2)C1c1ccccn1. The van der Waals surface area contributed by atoms with E-state index in [-0.39, 0.29) is 17.9 Å². The van der Waals surface area contributed by atoms with E-state index in [0.29, 0.717) is 22.0 Å². The molecule has 4 rings (SSSR count). The average Bonchev–Trinajstić information content (AvgIpc) is 3.05. The number of aliphatic hydroxyl groups excluding tert-OH is 1.